The molecule has 1 amide bonds. The normalized spacial score (nSPS) is 9.54. The molecule has 0 aromatic heterocycles. The van der Waals surface area contributed by atoms with E-state index >= 15 is 0 Å². The summed E-state index contributed by atoms with van der Waals surface area (Å²) in [6.45, 7) is 1.38. The van der Waals surface area contributed by atoms with Gasteiger partial charge in [0.05, 0.1) is 6.26 Å². The summed E-state index contributed by atoms with van der Waals surface area (Å²) in [5.74, 6) is -0.190. The molecule has 0 fully saturated rings. The lowest BCUT2D eigenvalue weighted by molar-refractivity contribution is -0.117. The smallest absolute Gasteiger partial charge is 0.261 e. The van der Waals surface area contributed by atoms with Crippen molar-refractivity contribution in [3.8, 4) is 0 Å². The number of carbonyl (C=O) groups is 1. The maximum absolute atomic E-state index is 10.1. The van der Waals surface area contributed by atoms with Gasteiger partial charge in [-0.25, -0.2) is 0 Å². The van der Waals surface area contributed by atoms with Crippen LogP contribution < -0.4 is 5.32 Å². The molecule has 8 heteroatoms. The third-order valence-corrected chi connectivity index (χ3v) is 1.00. The molecule has 3 N–H and O–H groups in total. The highest BCUT2D eigenvalue weighted by atomic mass is 32.2. The molecule has 0 spiro atoms. The highest BCUT2D eigenvalue weighted by Gasteiger charge is 1.92. The first-order chi connectivity index (χ1) is 5.66. The molecule has 78 valence electrons. The molecule has 0 radical (unpaired) electrons. The predicted octanol–water partition coefficient (Wildman–Crippen LogP) is -0.0757. The Balaban J connectivity index is 0. The van der Waals surface area contributed by atoms with Crippen LogP contribution in [0.2, 0.25) is 0 Å². The summed E-state index contributed by atoms with van der Waals surface area (Å²) >= 11 is 1.20. The lowest BCUT2D eigenvalue weighted by Gasteiger charge is -1.96. The van der Waals surface area contributed by atoms with Crippen molar-refractivity contribution in [3.05, 3.63) is 0 Å². The Morgan fingerprint density at radius 2 is 1.85 bits per heavy atom. The van der Waals surface area contributed by atoms with Crippen molar-refractivity contribution < 1.29 is 17.8 Å². The molecule has 0 bridgehead atoms. The van der Waals surface area contributed by atoms with E-state index in [0.717, 1.165) is 0 Å². The topological polar surface area (TPSA) is 107 Å². The molecule has 0 saturated heterocycles. The van der Waals surface area contributed by atoms with Gasteiger partial charge in [0.2, 0.25) is 5.91 Å². The number of rotatable bonds is 0. The second-order valence-corrected chi connectivity index (χ2v) is 4.23. The summed E-state index contributed by atoms with van der Waals surface area (Å²) < 4.78 is 25.9. The first-order valence-corrected chi connectivity index (χ1v) is 6.06. The van der Waals surface area contributed by atoms with E-state index < -0.39 is 10.1 Å². The second kappa shape index (κ2) is 6.87. The summed E-state index contributed by atoms with van der Waals surface area (Å²) in [6.07, 6.45) is 2.45. The molecule has 0 aliphatic rings. The second-order valence-electron chi connectivity index (χ2n) is 1.95. The molecule has 13 heavy (non-hydrogen) atoms. The van der Waals surface area contributed by atoms with Crippen LogP contribution in [0.15, 0.2) is 0 Å². The van der Waals surface area contributed by atoms with Crippen LogP contribution in [0.1, 0.15) is 6.92 Å². The van der Waals surface area contributed by atoms with Crippen molar-refractivity contribution in [3.63, 3.8) is 0 Å². The van der Waals surface area contributed by atoms with Gasteiger partial charge >= 0.3 is 0 Å². The van der Waals surface area contributed by atoms with Crippen molar-refractivity contribution in [2.45, 2.75) is 6.92 Å². The molecule has 0 rings (SSSR count). The largest absolute Gasteiger partial charge is 0.306 e. The maximum Gasteiger partial charge on any atom is 0.261 e. The molecular weight excluding hydrogens is 216 g/mol. The SMILES string of the molecule is CS(=O)(=O)O.CSC(=N)NC(C)=O. The first-order valence-electron chi connectivity index (χ1n) is 2.99. The summed E-state index contributed by atoms with van der Waals surface area (Å²) in [6, 6.07) is 0. The van der Waals surface area contributed by atoms with Gasteiger partial charge in [-0.15, -0.1) is 0 Å². The van der Waals surface area contributed by atoms with E-state index in [1.807, 2.05) is 0 Å². The molecule has 0 unspecified atom stereocenters. The number of hydrogen-bond acceptors (Lipinski definition) is 5. The standard InChI is InChI=1S/C4H8N2OS.CH4O3S/c1-3(7)6-4(5)8-2;1-5(2,3)4/h1-2H3,(H2,5,6,7);1H3,(H,2,3,4). The minimum atomic E-state index is -3.67. The lowest BCUT2D eigenvalue weighted by atomic mass is 10.7. The fourth-order valence-corrected chi connectivity index (χ4v) is 0.457. The average Bonchev–Trinajstić information content (AvgIpc) is 1.82. The number of amides is 1. The van der Waals surface area contributed by atoms with Gasteiger partial charge in [-0.3, -0.25) is 14.8 Å². The van der Waals surface area contributed by atoms with Gasteiger partial charge < -0.3 is 5.32 Å². The zero-order valence-corrected chi connectivity index (χ0v) is 9.12. The third kappa shape index (κ3) is 34.5. The van der Waals surface area contributed by atoms with Crippen molar-refractivity contribution >= 4 is 33.0 Å². The maximum atomic E-state index is 10.1. The van der Waals surface area contributed by atoms with Gasteiger partial charge in [-0.05, 0) is 6.26 Å². The fourth-order valence-electron chi connectivity index (χ4n) is 0.211. The number of carbonyl (C=O) groups excluding carboxylic acids is 1. The monoisotopic (exact) mass is 228 g/mol. The molecule has 0 aliphatic heterocycles. The van der Waals surface area contributed by atoms with Crippen molar-refractivity contribution in [1.82, 2.24) is 5.32 Å². The zero-order chi connectivity index (χ0) is 11.1. The number of hydrogen-bond donors (Lipinski definition) is 3. The van der Waals surface area contributed by atoms with Crippen molar-refractivity contribution in [2.75, 3.05) is 12.5 Å². The van der Waals surface area contributed by atoms with Crippen LogP contribution in [0.25, 0.3) is 0 Å². The van der Waals surface area contributed by atoms with E-state index in [2.05, 4.69) is 5.32 Å². The van der Waals surface area contributed by atoms with E-state index in [9.17, 15) is 13.2 Å². The van der Waals surface area contributed by atoms with Crippen molar-refractivity contribution in [1.29, 1.82) is 5.41 Å². The molecule has 0 heterocycles. The molecule has 6 nitrogen and oxygen atoms in total. The summed E-state index contributed by atoms with van der Waals surface area (Å²) in [4.78, 5) is 10.1. The Bertz CT molecular complexity index is 264. The number of amidine groups is 1. The van der Waals surface area contributed by atoms with E-state index in [0.29, 0.717) is 6.26 Å². The molecule has 0 atom stereocenters. The first kappa shape index (κ1) is 14.9. The quantitative estimate of drug-likeness (QED) is 0.305. The minimum Gasteiger partial charge on any atom is -0.306 e. The van der Waals surface area contributed by atoms with Crippen LogP contribution >= 0.6 is 11.8 Å². The Hall–Kier alpha value is -0.600. The third-order valence-electron chi connectivity index (χ3n) is 0.494. The van der Waals surface area contributed by atoms with E-state index in [1.54, 1.807) is 6.26 Å². The Kier molecular flexibility index (Phi) is 7.87. The van der Waals surface area contributed by atoms with Gasteiger partial charge in [0.25, 0.3) is 10.1 Å². The predicted molar refractivity (Wildman–Crippen MR) is 52.5 cm³/mol. The van der Waals surface area contributed by atoms with Gasteiger partial charge in [-0.2, -0.15) is 8.42 Å². The zero-order valence-electron chi connectivity index (χ0n) is 7.49. The van der Waals surface area contributed by atoms with Crippen LogP contribution in [-0.4, -0.2) is 36.6 Å². The minimum absolute atomic E-state index is 0.190. The molecule has 0 aromatic carbocycles. The summed E-state index contributed by atoms with van der Waals surface area (Å²) in [5, 5.41) is 9.39. The van der Waals surface area contributed by atoms with Crippen molar-refractivity contribution in [2.24, 2.45) is 0 Å². The Morgan fingerprint density at radius 3 is 1.92 bits per heavy atom. The average molecular weight is 228 g/mol. The fraction of sp³-hybridized carbons (Fsp3) is 0.600. The number of nitrogens with one attached hydrogen (secondary N) is 2. The molecule has 0 aromatic rings. The lowest BCUT2D eigenvalue weighted by Crippen LogP contribution is -2.23. The Morgan fingerprint density at radius 1 is 1.54 bits per heavy atom. The molecular formula is C5H12N2O4S2. The van der Waals surface area contributed by atoms with Gasteiger partial charge in [-0.1, -0.05) is 11.8 Å². The van der Waals surface area contributed by atoms with Gasteiger partial charge in [0.15, 0.2) is 5.17 Å². The van der Waals surface area contributed by atoms with Crippen LogP contribution in [0.5, 0.6) is 0 Å². The van der Waals surface area contributed by atoms with E-state index in [-0.39, 0.29) is 11.1 Å². The van der Waals surface area contributed by atoms with Crippen LogP contribution in [0, 0.1) is 5.41 Å². The van der Waals surface area contributed by atoms with Crippen LogP contribution in [0.4, 0.5) is 0 Å². The van der Waals surface area contributed by atoms with E-state index in [4.69, 9.17) is 9.96 Å². The summed E-state index contributed by atoms with van der Waals surface area (Å²) in [7, 11) is -3.67. The summed E-state index contributed by atoms with van der Waals surface area (Å²) in [5.41, 5.74) is 0. The van der Waals surface area contributed by atoms with Crippen LogP contribution in [-0.2, 0) is 14.9 Å². The number of thioether (sulfide) groups is 1. The van der Waals surface area contributed by atoms with Crippen LogP contribution in [0.3, 0.4) is 0 Å². The molecule has 0 aliphatic carbocycles. The highest BCUT2D eigenvalue weighted by molar-refractivity contribution is 8.13. The Labute approximate surface area is 81.4 Å². The van der Waals surface area contributed by atoms with Gasteiger partial charge in [0, 0.05) is 6.92 Å². The van der Waals surface area contributed by atoms with Gasteiger partial charge in [0.1, 0.15) is 0 Å². The highest BCUT2D eigenvalue weighted by Crippen LogP contribution is 1.88. The molecule has 0 saturated carbocycles. The van der Waals surface area contributed by atoms with E-state index in [1.165, 1.54) is 18.7 Å².